The van der Waals surface area contributed by atoms with Crippen molar-refractivity contribution in [1.29, 1.82) is 0 Å². The Morgan fingerprint density at radius 3 is 1.71 bits per heavy atom. The van der Waals surface area contributed by atoms with Gasteiger partial charge in [0.05, 0.1) is 6.61 Å². The minimum Gasteiger partial charge on any atom is -0.463 e. The van der Waals surface area contributed by atoms with Crippen molar-refractivity contribution in [2.45, 2.75) is 103 Å². The lowest BCUT2D eigenvalue weighted by molar-refractivity contribution is -0.290. The van der Waals surface area contributed by atoms with Crippen molar-refractivity contribution in [3.63, 3.8) is 0 Å². The standard InChI is InChI=1S/C19H39O8P/c1-2-3-4-5-6-7-8-9-10-11-12-13-14-15-19(20)25-16-18(27-21)17-26-28(22,23)24/h18,21H,2-17H2,1H3,(H2,22,23,24)/t18-/m1/s1. The van der Waals surface area contributed by atoms with E-state index in [9.17, 15) is 9.36 Å². The highest BCUT2D eigenvalue weighted by atomic mass is 31.2. The Kier molecular flexibility index (Phi) is 18.2. The number of hydrogen-bond acceptors (Lipinski definition) is 6. The third-order valence-electron chi connectivity index (χ3n) is 4.49. The van der Waals surface area contributed by atoms with E-state index in [2.05, 4.69) is 16.3 Å². The number of phosphoric acid groups is 1. The minimum atomic E-state index is -4.66. The first-order valence-electron chi connectivity index (χ1n) is 10.5. The fourth-order valence-corrected chi connectivity index (χ4v) is 3.19. The lowest BCUT2D eigenvalue weighted by atomic mass is 10.0. The normalized spacial score (nSPS) is 12.9. The topological polar surface area (TPSA) is 123 Å². The van der Waals surface area contributed by atoms with E-state index >= 15 is 0 Å². The average molecular weight is 426 g/mol. The van der Waals surface area contributed by atoms with Crippen molar-refractivity contribution in [2.24, 2.45) is 0 Å². The third-order valence-corrected chi connectivity index (χ3v) is 4.98. The number of phosphoric ester groups is 1. The van der Waals surface area contributed by atoms with Crippen LogP contribution >= 0.6 is 7.82 Å². The quantitative estimate of drug-likeness (QED) is 0.0819. The van der Waals surface area contributed by atoms with Gasteiger partial charge in [-0.15, -0.1) is 0 Å². The first-order valence-corrected chi connectivity index (χ1v) is 12.1. The van der Waals surface area contributed by atoms with E-state index in [4.69, 9.17) is 19.8 Å². The van der Waals surface area contributed by atoms with Crippen LogP contribution in [0, 0.1) is 0 Å². The number of unbranched alkanes of at least 4 members (excludes halogenated alkanes) is 12. The largest absolute Gasteiger partial charge is 0.469 e. The van der Waals surface area contributed by atoms with E-state index < -0.39 is 26.5 Å². The molecule has 0 unspecified atom stereocenters. The zero-order valence-electron chi connectivity index (χ0n) is 17.2. The van der Waals surface area contributed by atoms with Gasteiger partial charge in [-0.3, -0.25) is 14.6 Å². The SMILES string of the molecule is CCCCCCCCCCCCCCCC(=O)OC[C@H](COP(=O)(O)O)OO. The molecule has 0 aromatic rings. The molecule has 0 aromatic carbocycles. The van der Waals surface area contributed by atoms with Crippen LogP contribution in [0.5, 0.6) is 0 Å². The monoisotopic (exact) mass is 426 g/mol. The lowest BCUT2D eigenvalue weighted by Gasteiger charge is -2.14. The Balaban J connectivity index is 3.44. The summed E-state index contributed by atoms with van der Waals surface area (Å²) < 4.78 is 19.7. The molecule has 3 N–H and O–H groups in total. The first kappa shape index (κ1) is 27.5. The highest BCUT2D eigenvalue weighted by Crippen LogP contribution is 2.35. The van der Waals surface area contributed by atoms with E-state index in [1.54, 1.807) is 0 Å². The molecule has 28 heavy (non-hydrogen) atoms. The van der Waals surface area contributed by atoms with Crippen molar-refractivity contribution in [2.75, 3.05) is 13.2 Å². The van der Waals surface area contributed by atoms with Crippen LogP contribution in [0.4, 0.5) is 0 Å². The van der Waals surface area contributed by atoms with Crippen LogP contribution in [0.1, 0.15) is 96.8 Å². The molecule has 0 aromatic heterocycles. The second kappa shape index (κ2) is 18.5. The molecule has 0 bridgehead atoms. The van der Waals surface area contributed by atoms with Gasteiger partial charge in [0, 0.05) is 6.42 Å². The summed E-state index contributed by atoms with van der Waals surface area (Å²) in [4.78, 5) is 32.7. The van der Waals surface area contributed by atoms with E-state index in [-0.39, 0.29) is 13.0 Å². The Hall–Kier alpha value is -0.500. The molecule has 0 radical (unpaired) electrons. The fourth-order valence-electron chi connectivity index (χ4n) is 2.83. The van der Waals surface area contributed by atoms with E-state index in [0.717, 1.165) is 19.3 Å². The average Bonchev–Trinajstić information content (AvgIpc) is 2.64. The van der Waals surface area contributed by atoms with Gasteiger partial charge in [0.15, 0.2) is 6.10 Å². The Morgan fingerprint density at radius 2 is 1.29 bits per heavy atom. The van der Waals surface area contributed by atoms with Gasteiger partial charge in [0.1, 0.15) is 6.61 Å². The molecular formula is C19H39O8P. The Labute approximate surface area is 169 Å². The maximum Gasteiger partial charge on any atom is 0.469 e. The van der Waals surface area contributed by atoms with Gasteiger partial charge in [0.2, 0.25) is 0 Å². The highest BCUT2D eigenvalue weighted by Gasteiger charge is 2.20. The zero-order chi connectivity index (χ0) is 21.1. The molecule has 1 atom stereocenters. The predicted octanol–water partition coefficient (Wildman–Crippen LogP) is 4.98. The molecule has 9 heteroatoms. The summed E-state index contributed by atoms with van der Waals surface area (Å²) in [5.74, 6) is -0.429. The number of hydrogen-bond donors (Lipinski definition) is 3. The number of carbonyl (C=O) groups excluding carboxylic acids is 1. The van der Waals surface area contributed by atoms with Gasteiger partial charge < -0.3 is 14.5 Å². The number of carbonyl (C=O) groups is 1. The lowest BCUT2D eigenvalue weighted by Crippen LogP contribution is -2.25. The molecule has 168 valence electrons. The van der Waals surface area contributed by atoms with Crippen LogP contribution in [-0.4, -0.2) is 40.3 Å². The summed E-state index contributed by atoms with van der Waals surface area (Å²) in [6, 6.07) is 0. The summed E-state index contributed by atoms with van der Waals surface area (Å²) >= 11 is 0. The molecule has 0 saturated carbocycles. The Morgan fingerprint density at radius 1 is 0.821 bits per heavy atom. The molecule has 0 aliphatic heterocycles. The second-order valence-corrected chi connectivity index (χ2v) is 8.43. The van der Waals surface area contributed by atoms with Gasteiger partial charge in [0.25, 0.3) is 0 Å². The van der Waals surface area contributed by atoms with Gasteiger partial charge in [-0.1, -0.05) is 84.0 Å². The third kappa shape index (κ3) is 20.2. The second-order valence-electron chi connectivity index (χ2n) is 7.19. The fraction of sp³-hybridized carbons (Fsp3) is 0.947. The van der Waals surface area contributed by atoms with Crippen LogP contribution in [-0.2, 0) is 23.5 Å². The molecule has 0 spiro atoms. The maximum absolute atomic E-state index is 11.6. The smallest absolute Gasteiger partial charge is 0.463 e. The maximum atomic E-state index is 11.6. The van der Waals surface area contributed by atoms with Gasteiger partial charge in [-0.05, 0) is 6.42 Å². The van der Waals surface area contributed by atoms with Crippen LogP contribution < -0.4 is 0 Å². The molecule has 0 rings (SSSR count). The molecule has 8 nitrogen and oxygen atoms in total. The van der Waals surface area contributed by atoms with E-state index in [1.807, 2.05) is 0 Å². The van der Waals surface area contributed by atoms with Gasteiger partial charge in [-0.2, -0.15) is 0 Å². The van der Waals surface area contributed by atoms with E-state index in [0.29, 0.717) is 0 Å². The van der Waals surface area contributed by atoms with Crippen LogP contribution in [0.15, 0.2) is 0 Å². The van der Waals surface area contributed by atoms with E-state index in [1.165, 1.54) is 64.2 Å². The number of rotatable bonds is 20. The summed E-state index contributed by atoms with van der Waals surface area (Å²) in [6.45, 7) is 1.33. The van der Waals surface area contributed by atoms with Crippen molar-refractivity contribution >= 4 is 13.8 Å². The van der Waals surface area contributed by atoms with Crippen molar-refractivity contribution in [3.8, 4) is 0 Å². The van der Waals surface area contributed by atoms with Gasteiger partial charge in [-0.25, -0.2) is 9.45 Å². The molecule has 0 amide bonds. The predicted molar refractivity (Wildman–Crippen MR) is 107 cm³/mol. The van der Waals surface area contributed by atoms with Crippen molar-refractivity contribution < 1.29 is 38.6 Å². The minimum absolute atomic E-state index is 0.273. The molecule has 0 aliphatic carbocycles. The van der Waals surface area contributed by atoms with Crippen LogP contribution in [0.3, 0.4) is 0 Å². The van der Waals surface area contributed by atoms with Gasteiger partial charge >= 0.3 is 13.8 Å². The summed E-state index contributed by atoms with van der Waals surface area (Å²) in [6.07, 6.45) is 15.1. The number of ether oxygens (including phenoxy) is 1. The molecular weight excluding hydrogens is 387 g/mol. The summed E-state index contributed by atoms with van der Waals surface area (Å²) in [5.41, 5.74) is 0. The number of esters is 1. The highest BCUT2D eigenvalue weighted by molar-refractivity contribution is 7.46. The Bertz CT molecular complexity index is 413. The molecule has 0 heterocycles. The van der Waals surface area contributed by atoms with Crippen LogP contribution in [0.2, 0.25) is 0 Å². The first-order chi connectivity index (χ1) is 13.4. The summed E-state index contributed by atoms with van der Waals surface area (Å²) in [5, 5.41) is 8.61. The molecule has 0 aliphatic rings. The summed E-state index contributed by atoms with van der Waals surface area (Å²) in [7, 11) is -4.66. The van der Waals surface area contributed by atoms with Crippen molar-refractivity contribution in [3.05, 3.63) is 0 Å². The molecule has 0 saturated heterocycles. The molecule has 0 fully saturated rings. The van der Waals surface area contributed by atoms with Crippen LogP contribution in [0.25, 0.3) is 0 Å². The van der Waals surface area contributed by atoms with Crippen molar-refractivity contribution in [1.82, 2.24) is 0 Å². The zero-order valence-corrected chi connectivity index (χ0v) is 18.1.